The van der Waals surface area contributed by atoms with Crippen molar-refractivity contribution < 1.29 is 23.8 Å². The third-order valence-electron chi connectivity index (χ3n) is 7.00. The second kappa shape index (κ2) is 13.6. The lowest BCUT2D eigenvalue weighted by molar-refractivity contribution is -0.121. The minimum Gasteiger partial charge on any atom is -0.493 e. The Labute approximate surface area is 239 Å². The lowest BCUT2D eigenvalue weighted by Crippen LogP contribution is -2.26. The Morgan fingerprint density at radius 1 is 1.02 bits per heavy atom. The molecule has 0 aliphatic heterocycles. The molecule has 10 heteroatoms. The van der Waals surface area contributed by atoms with Gasteiger partial charge in [0, 0.05) is 31.6 Å². The van der Waals surface area contributed by atoms with Crippen LogP contribution in [0.25, 0.3) is 11.1 Å². The summed E-state index contributed by atoms with van der Waals surface area (Å²) in [6.07, 6.45) is 3.73. The van der Waals surface area contributed by atoms with E-state index < -0.39 is 0 Å². The number of benzene rings is 1. The number of hydrogen-bond acceptors (Lipinski definition) is 8. The van der Waals surface area contributed by atoms with Crippen molar-refractivity contribution in [2.24, 2.45) is 0 Å². The molecule has 3 N–H and O–H groups in total. The molecule has 1 aliphatic carbocycles. The number of pyridine rings is 1. The van der Waals surface area contributed by atoms with Crippen LogP contribution in [0.1, 0.15) is 49.0 Å². The van der Waals surface area contributed by atoms with Crippen LogP contribution in [0, 0.1) is 0 Å². The first-order valence-corrected chi connectivity index (χ1v) is 13.5. The highest BCUT2D eigenvalue weighted by Gasteiger charge is 2.29. The molecule has 3 aromatic rings. The van der Waals surface area contributed by atoms with Gasteiger partial charge in [-0.2, -0.15) is 0 Å². The number of anilines is 1. The molecule has 0 radical (unpaired) electrons. The third kappa shape index (κ3) is 6.95. The van der Waals surface area contributed by atoms with Crippen LogP contribution in [0.4, 0.5) is 5.69 Å². The second-order valence-corrected chi connectivity index (χ2v) is 9.72. The fourth-order valence-corrected chi connectivity index (χ4v) is 5.11. The zero-order valence-corrected chi connectivity index (χ0v) is 23.8. The van der Waals surface area contributed by atoms with E-state index in [9.17, 15) is 14.4 Å². The highest BCUT2D eigenvalue weighted by atomic mass is 16.5. The van der Waals surface area contributed by atoms with E-state index >= 15 is 0 Å². The van der Waals surface area contributed by atoms with Gasteiger partial charge in [0.15, 0.2) is 11.5 Å². The summed E-state index contributed by atoms with van der Waals surface area (Å²) in [6.45, 7) is 2.26. The molecule has 0 saturated carbocycles. The molecule has 2 aromatic carbocycles. The average Bonchev–Trinajstić information content (AvgIpc) is 3.22. The molecule has 0 unspecified atom stereocenters. The van der Waals surface area contributed by atoms with Crippen LogP contribution < -0.4 is 35.6 Å². The Balaban J connectivity index is 1.60. The molecule has 1 heterocycles. The van der Waals surface area contributed by atoms with E-state index in [0.29, 0.717) is 67.3 Å². The first kappa shape index (κ1) is 29.4. The largest absolute Gasteiger partial charge is 0.493 e. The third-order valence-corrected chi connectivity index (χ3v) is 7.00. The van der Waals surface area contributed by atoms with Crippen LogP contribution in [0.2, 0.25) is 0 Å². The monoisotopic (exact) mass is 560 g/mol. The Bertz CT molecular complexity index is 1460. The van der Waals surface area contributed by atoms with Crippen LogP contribution in [0.3, 0.4) is 0 Å². The molecule has 0 saturated heterocycles. The summed E-state index contributed by atoms with van der Waals surface area (Å²) in [7, 11) is 4.68. The lowest BCUT2D eigenvalue weighted by atomic mass is 9.95. The van der Waals surface area contributed by atoms with Gasteiger partial charge < -0.3 is 30.2 Å². The van der Waals surface area contributed by atoms with Crippen molar-refractivity contribution in [3.05, 3.63) is 75.7 Å². The molecular formula is C31H36N4O6. The predicted octanol–water partition coefficient (Wildman–Crippen LogP) is 3.77. The summed E-state index contributed by atoms with van der Waals surface area (Å²) in [5.74, 6) is 1.21. The van der Waals surface area contributed by atoms with Gasteiger partial charge in [0.2, 0.25) is 23.0 Å². The molecule has 2 amide bonds. The van der Waals surface area contributed by atoms with Crippen molar-refractivity contribution in [2.75, 3.05) is 33.2 Å². The number of methoxy groups -OCH3 is 3. The first-order chi connectivity index (χ1) is 19.9. The average molecular weight is 561 g/mol. The van der Waals surface area contributed by atoms with E-state index in [2.05, 4.69) is 20.9 Å². The van der Waals surface area contributed by atoms with Gasteiger partial charge in [-0.05, 0) is 66.3 Å². The van der Waals surface area contributed by atoms with Crippen molar-refractivity contribution in [1.82, 2.24) is 15.6 Å². The van der Waals surface area contributed by atoms with E-state index in [1.54, 1.807) is 39.7 Å². The summed E-state index contributed by atoms with van der Waals surface area (Å²) in [6, 6.07) is 12.3. The number of nitrogens with zero attached hydrogens (tertiary/aromatic N) is 1. The maximum Gasteiger partial charge on any atom is 0.220 e. The molecule has 0 spiro atoms. The predicted molar refractivity (Wildman–Crippen MR) is 156 cm³/mol. The standard InChI is InChI=1S/C31H36N4O6/c1-19(36)35-24-12-10-20-16-27(39-2)30(40-3)31(41-4)29(20)22-11-13-25(26(37)17-23(22)24)33-15-7-9-28(38)34-18-21-8-5-6-14-32-21/h5-6,8,11,13-14,16-17,24H,7,9-10,12,15,18H2,1-4H3,(H,33,37)(H,34,38)(H,35,36)/t24-/m0/s1. The van der Waals surface area contributed by atoms with Crippen molar-refractivity contribution in [1.29, 1.82) is 0 Å². The van der Waals surface area contributed by atoms with Crippen molar-refractivity contribution in [3.63, 3.8) is 0 Å². The maximum absolute atomic E-state index is 13.4. The van der Waals surface area contributed by atoms with Crippen molar-refractivity contribution in [2.45, 2.75) is 45.2 Å². The zero-order valence-electron chi connectivity index (χ0n) is 23.8. The van der Waals surface area contributed by atoms with E-state index in [1.165, 1.54) is 6.92 Å². The Kier molecular flexibility index (Phi) is 9.78. The Hall–Kier alpha value is -4.60. The van der Waals surface area contributed by atoms with Crippen LogP contribution in [0.5, 0.6) is 17.2 Å². The SMILES string of the molecule is COc1cc2c(c(OC)c1OC)-c1ccc(NCCCC(=O)NCc3ccccn3)c(=O)cc1[C@@H](NC(C)=O)CC2. The molecule has 216 valence electrons. The summed E-state index contributed by atoms with van der Waals surface area (Å²) < 4.78 is 17.0. The van der Waals surface area contributed by atoms with E-state index in [1.807, 2.05) is 30.3 Å². The molecule has 10 nitrogen and oxygen atoms in total. The Morgan fingerprint density at radius 3 is 2.51 bits per heavy atom. The van der Waals surface area contributed by atoms with Gasteiger partial charge in [0.1, 0.15) is 0 Å². The van der Waals surface area contributed by atoms with Gasteiger partial charge in [-0.3, -0.25) is 19.4 Å². The first-order valence-electron chi connectivity index (χ1n) is 13.5. The fourth-order valence-electron chi connectivity index (χ4n) is 5.11. The number of aryl methyl sites for hydroxylation is 1. The van der Waals surface area contributed by atoms with Crippen LogP contribution >= 0.6 is 0 Å². The summed E-state index contributed by atoms with van der Waals surface area (Å²) in [4.78, 5) is 41.9. The van der Waals surface area contributed by atoms with Gasteiger partial charge in [0.25, 0.3) is 0 Å². The van der Waals surface area contributed by atoms with Gasteiger partial charge in [-0.15, -0.1) is 0 Å². The summed E-state index contributed by atoms with van der Waals surface area (Å²) in [5.41, 5.74) is 4.17. The molecule has 41 heavy (non-hydrogen) atoms. The molecule has 1 aromatic heterocycles. The van der Waals surface area contributed by atoms with Crippen LogP contribution in [-0.2, 0) is 22.6 Å². The Morgan fingerprint density at radius 2 is 1.83 bits per heavy atom. The molecule has 4 rings (SSSR count). The second-order valence-electron chi connectivity index (χ2n) is 9.72. The lowest BCUT2D eigenvalue weighted by Gasteiger charge is -2.19. The van der Waals surface area contributed by atoms with E-state index in [4.69, 9.17) is 14.2 Å². The number of carbonyl (C=O) groups excluding carboxylic acids is 2. The van der Waals surface area contributed by atoms with E-state index in [0.717, 1.165) is 22.4 Å². The topological polar surface area (TPSA) is 128 Å². The van der Waals surface area contributed by atoms with Crippen LogP contribution in [0.15, 0.2) is 53.5 Å². The highest BCUT2D eigenvalue weighted by molar-refractivity contribution is 5.83. The van der Waals surface area contributed by atoms with E-state index in [-0.39, 0.29) is 23.3 Å². The fraction of sp³-hybridized carbons (Fsp3) is 0.355. The van der Waals surface area contributed by atoms with Gasteiger partial charge in [0.05, 0.1) is 45.3 Å². The molecule has 0 fully saturated rings. The number of rotatable bonds is 11. The minimum absolute atomic E-state index is 0.0867. The van der Waals surface area contributed by atoms with Crippen LogP contribution in [-0.4, -0.2) is 44.7 Å². The van der Waals surface area contributed by atoms with Crippen molar-refractivity contribution >= 4 is 17.5 Å². The molecular weight excluding hydrogens is 524 g/mol. The van der Waals surface area contributed by atoms with Crippen molar-refractivity contribution in [3.8, 4) is 28.4 Å². The molecule has 0 bridgehead atoms. The summed E-state index contributed by atoms with van der Waals surface area (Å²) in [5, 5.41) is 9.05. The van der Waals surface area contributed by atoms with Gasteiger partial charge in [-0.25, -0.2) is 0 Å². The molecule has 1 aliphatic rings. The number of nitrogens with one attached hydrogen (secondary N) is 3. The number of fused-ring (bicyclic) bond motifs is 3. The quantitative estimate of drug-likeness (QED) is 0.303. The zero-order chi connectivity index (χ0) is 29.4. The highest BCUT2D eigenvalue weighted by Crippen LogP contribution is 2.50. The number of aromatic nitrogens is 1. The number of amides is 2. The van der Waals surface area contributed by atoms with Gasteiger partial charge >= 0.3 is 0 Å². The number of ether oxygens (including phenoxy) is 3. The molecule has 1 atom stereocenters. The number of carbonyl (C=O) groups is 2. The summed E-state index contributed by atoms with van der Waals surface area (Å²) >= 11 is 0. The number of hydrogen-bond donors (Lipinski definition) is 3. The maximum atomic E-state index is 13.4. The smallest absolute Gasteiger partial charge is 0.220 e. The minimum atomic E-state index is -0.382. The normalized spacial score (nSPS) is 13.6. The van der Waals surface area contributed by atoms with Gasteiger partial charge in [-0.1, -0.05) is 12.1 Å².